The molecule has 0 amide bonds. The number of terminal acetylenes is 1. The second-order valence-corrected chi connectivity index (χ2v) is 3.61. The fourth-order valence-corrected chi connectivity index (χ4v) is 1.61. The molecule has 1 nitrogen and oxygen atoms in total. The zero-order valence-electron chi connectivity index (χ0n) is 7.39. The van der Waals surface area contributed by atoms with E-state index < -0.39 is 0 Å². The van der Waals surface area contributed by atoms with Gasteiger partial charge in [0.15, 0.2) is 0 Å². The van der Waals surface area contributed by atoms with E-state index in [4.69, 9.17) is 29.6 Å². The lowest BCUT2D eigenvalue weighted by molar-refractivity contribution is -0.117. The molecule has 0 aromatic heterocycles. The number of Topliss-reactive ketones (excluding diaryl/α,β-unsaturated/α-hetero) is 1. The molecular weight excluding hydrogens is 219 g/mol. The zero-order chi connectivity index (χ0) is 10.6. The third-order valence-electron chi connectivity index (χ3n) is 1.73. The van der Waals surface area contributed by atoms with Crippen molar-refractivity contribution in [3.8, 4) is 12.3 Å². The summed E-state index contributed by atoms with van der Waals surface area (Å²) in [5.41, 5.74) is 0.649. The Bertz CT molecular complexity index is 371. The lowest BCUT2D eigenvalue weighted by Crippen LogP contribution is -2.02. The number of halogens is 2. The second-order valence-electron chi connectivity index (χ2n) is 2.80. The van der Waals surface area contributed by atoms with E-state index in [9.17, 15) is 4.79 Å². The quantitative estimate of drug-likeness (QED) is 0.725. The monoisotopic (exact) mass is 226 g/mol. The molecule has 0 saturated heterocycles. The van der Waals surface area contributed by atoms with E-state index in [0.717, 1.165) is 0 Å². The largest absolute Gasteiger partial charge is 0.298 e. The first-order valence-corrected chi connectivity index (χ1v) is 4.78. The van der Waals surface area contributed by atoms with E-state index in [2.05, 4.69) is 5.92 Å². The van der Waals surface area contributed by atoms with Gasteiger partial charge in [-0.15, -0.1) is 6.42 Å². The van der Waals surface area contributed by atoms with Crippen LogP contribution in [0, 0.1) is 12.3 Å². The minimum absolute atomic E-state index is 0.0532. The number of benzene rings is 1. The van der Waals surface area contributed by atoms with Crippen molar-refractivity contribution < 1.29 is 4.79 Å². The first-order valence-electron chi connectivity index (χ1n) is 4.03. The van der Waals surface area contributed by atoms with E-state index in [-0.39, 0.29) is 18.6 Å². The van der Waals surface area contributed by atoms with Gasteiger partial charge in [-0.1, -0.05) is 35.2 Å². The molecule has 0 saturated carbocycles. The minimum Gasteiger partial charge on any atom is -0.298 e. The van der Waals surface area contributed by atoms with Crippen LogP contribution in [-0.2, 0) is 11.2 Å². The maximum Gasteiger partial charge on any atom is 0.149 e. The maximum atomic E-state index is 11.3. The van der Waals surface area contributed by atoms with Crippen LogP contribution in [-0.4, -0.2) is 5.78 Å². The molecular formula is C11H8Cl2O. The Morgan fingerprint density at radius 2 is 1.93 bits per heavy atom. The summed E-state index contributed by atoms with van der Waals surface area (Å²) >= 11 is 11.8. The van der Waals surface area contributed by atoms with Gasteiger partial charge >= 0.3 is 0 Å². The van der Waals surface area contributed by atoms with Crippen LogP contribution in [0.15, 0.2) is 18.2 Å². The van der Waals surface area contributed by atoms with Crippen LogP contribution in [0.2, 0.25) is 10.0 Å². The number of carbonyl (C=O) groups excluding carboxylic acids is 1. The molecule has 0 aliphatic rings. The van der Waals surface area contributed by atoms with Crippen LogP contribution in [0.5, 0.6) is 0 Å². The highest BCUT2D eigenvalue weighted by atomic mass is 35.5. The van der Waals surface area contributed by atoms with E-state index in [1.54, 1.807) is 18.2 Å². The molecule has 3 heteroatoms. The lowest BCUT2D eigenvalue weighted by atomic mass is 10.1. The Balaban J connectivity index is 2.87. The Kier molecular flexibility index (Phi) is 4.00. The Hall–Kier alpha value is -0.970. The summed E-state index contributed by atoms with van der Waals surface area (Å²) in [5.74, 6) is 2.24. The van der Waals surface area contributed by atoms with Crippen LogP contribution in [0.3, 0.4) is 0 Å². The lowest BCUT2D eigenvalue weighted by Gasteiger charge is -2.04. The number of rotatable bonds is 3. The number of ketones is 1. The zero-order valence-corrected chi connectivity index (χ0v) is 8.90. The molecule has 0 heterocycles. The van der Waals surface area contributed by atoms with Gasteiger partial charge in [0.05, 0.1) is 6.42 Å². The van der Waals surface area contributed by atoms with E-state index in [1.807, 2.05) is 0 Å². The van der Waals surface area contributed by atoms with Crippen molar-refractivity contribution >= 4 is 29.0 Å². The van der Waals surface area contributed by atoms with Crippen molar-refractivity contribution in [1.82, 2.24) is 0 Å². The average Bonchev–Trinajstić information content (AvgIpc) is 2.12. The molecule has 0 fully saturated rings. The Morgan fingerprint density at radius 1 is 1.36 bits per heavy atom. The molecule has 0 spiro atoms. The van der Waals surface area contributed by atoms with Crippen molar-refractivity contribution in [1.29, 1.82) is 0 Å². The van der Waals surface area contributed by atoms with Crippen LogP contribution in [0.4, 0.5) is 0 Å². The van der Waals surface area contributed by atoms with Crippen LogP contribution < -0.4 is 0 Å². The molecule has 0 unspecified atom stereocenters. The second kappa shape index (κ2) is 5.05. The summed E-state index contributed by atoms with van der Waals surface area (Å²) < 4.78 is 0. The van der Waals surface area contributed by atoms with Crippen molar-refractivity contribution in [2.45, 2.75) is 12.8 Å². The molecule has 1 aromatic rings. The van der Waals surface area contributed by atoms with Gasteiger partial charge in [0.25, 0.3) is 0 Å². The molecule has 0 atom stereocenters. The van der Waals surface area contributed by atoms with E-state index in [1.165, 1.54) is 0 Å². The summed E-state index contributed by atoms with van der Waals surface area (Å²) in [5, 5.41) is 1.01. The molecule has 14 heavy (non-hydrogen) atoms. The molecule has 1 aromatic carbocycles. The smallest absolute Gasteiger partial charge is 0.149 e. The Labute approximate surface area is 93.0 Å². The van der Waals surface area contributed by atoms with Crippen LogP contribution in [0.25, 0.3) is 0 Å². The molecule has 1 rings (SSSR count). The summed E-state index contributed by atoms with van der Waals surface area (Å²) in [6.07, 6.45) is 5.33. The van der Waals surface area contributed by atoms with Gasteiger partial charge in [-0.25, -0.2) is 0 Å². The first-order chi connectivity index (χ1) is 6.65. The SMILES string of the molecule is C#CCC(=O)Cc1c(Cl)cccc1Cl. The predicted molar refractivity (Wildman–Crippen MR) is 58.6 cm³/mol. The average molecular weight is 227 g/mol. The van der Waals surface area contributed by atoms with Gasteiger partial charge in [-0.2, -0.15) is 0 Å². The summed E-state index contributed by atoms with van der Waals surface area (Å²) in [6.45, 7) is 0. The molecule has 0 aliphatic heterocycles. The van der Waals surface area contributed by atoms with Crippen molar-refractivity contribution in [2.24, 2.45) is 0 Å². The van der Waals surface area contributed by atoms with Gasteiger partial charge in [-0.3, -0.25) is 4.79 Å². The number of hydrogen-bond acceptors (Lipinski definition) is 1. The van der Waals surface area contributed by atoms with E-state index in [0.29, 0.717) is 15.6 Å². The standard InChI is InChI=1S/C11H8Cl2O/c1-2-4-8(14)7-9-10(12)5-3-6-11(9)13/h1,3,5-6H,4,7H2. The predicted octanol–water partition coefficient (Wildman–Crippen LogP) is 3.13. The topological polar surface area (TPSA) is 17.1 Å². The fourth-order valence-electron chi connectivity index (χ4n) is 1.07. The number of carbonyl (C=O) groups is 1. The van der Waals surface area contributed by atoms with Crippen molar-refractivity contribution in [3.05, 3.63) is 33.8 Å². The van der Waals surface area contributed by atoms with E-state index >= 15 is 0 Å². The molecule has 72 valence electrons. The molecule has 0 N–H and O–H groups in total. The minimum atomic E-state index is -0.0532. The van der Waals surface area contributed by atoms with Gasteiger partial charge in [0, 0.05) is 16.5 Å². The van der Waals surface area contributed by atoms with Crippen molar-refractivity contribution in [3.63, 3.8) is 0 Å². The molecule has 0 aliphatic carbocycles. The van der Waals surface area contributed by atoms with Gasteiger partial charge in [-0.05, 0) is 17.7 Å². The molecule has 0 radical (unpaired) electrons. The summed E-state index contributed by atoms with van der Waals surface area (Å²) in [7, 11) is 0. The third kappa shape index (κ3) is 2.77. The van der Waals surface area contributed by atoms with Crippen molar-refractivity contribution in [2.75, 3.05) is 0 Å². The maximum absolute atomic E-state index is 11.3. The highest BCUT2D eigenvalue weighted by Crippen LogP contribution is 2.24. The fraction of sp³-hybridized carbons (Fsp3) is 0.182. The van der Waals surface area contributed by atoms with Crippen LogP contribution in [0.1, 0.15) is 12.0 Å². The highest BCUT2D eigenvalue weighted by molar-refractivity contribution is 6.36. The first kappa shape index (κ1) is 11.1. The summed E-state index contributed by atoms with van der Waals surface area (Å²) in [6, 6.07) is 5.14. The van der Waals surface area contributed by atoms with Gasteiger partial charge in [0.1, 0.15) is 5.78 Å². The van der Waals surface area contributed by atoms with Gasteiger partial charge in [0.2, 0.25) is 0 Å². The Morgan fingerprint density at radius 3 is 2.43 bits per heavy atom. The third-order valence-corrected chi connectivity index (χ3v) is 2.44. The molecule has 0 bridgehead atoms. The number of hydrogen-bond donors (Lipinski definition) is 0. The van der Waals surface area contributed by atoms with Gasteiger partial charge < -0.3 is 0 Å². The normalized spacial score (nSPS) is 9.50. The van der Waals surface area contributed by atoms with Crippen LogP contribution >= 0.6 is 23.2 Å². The summed E-state index contributed by atoms with van der Waals surface area (Å²) in [4.78, 5) is 11.3. The highest BCUT2D eigenvalue weighted by Gasteiger charge is 2.09.